The van der Waals surface area contributed by atoms with E-state index >= 15 is 0 Å². The molecule has 1 aliphatic rings. The van der Waals surface area contributed by atoms with Crippen LogP contribution in [-0.4, -0.2) is 60.2 Å². The summed E-state index contributed by atoms with van der Waals surface area (Å²) in [6, 6.07) is 11.0. The number of methoxy groups -OCH3 is 3. The Hall–Kier alpha value is -2.45. The molecule has 0 spiro atoms. The first kappa shape index (κ1) is 20.3. The van der Waals surface area contributed by atoms with Gasteiger partial charge in [-0.25, -0.2) is 8.42 Å². The van der Waals surface area contributed by atoms with Gasteiger partial charge in [0.25, 0.3) is 0 Å². The van der Waals surface area contributed by atoms with Gasteiger partial charge in [-0.3, -0.25) is 0 Å². The van der Waals surface area contributed by atoms with Crippen LogP contribution in [0.5, 0.6) is 17.2 Å². The van der Waals surface area contributed by atoms with Crippen LogP contribution in [-0.2, 0) is 10.0 Å². The van der Waals surface area contributed by atoms with E-state index in [1.165, 1.54) is 18.5 Å². The summed E-state index contributed by atoms with van der Waals surface area (Å²) >= 11 is 0. The zero-order chi connectivity index (χ0) is 20.3. The minimum Gasteiger partial charge on any atom is -0.497 e. The monoisotopic (exact) mass is 406 g/mol. The van der Waals surface area contributed by atoms with Crippen LogP contribution in [0.4, 0.5) is 5.69 Å². The topological polar surface area (TPSA) is 68.3 Å². The molecule has 2 aromatic carbocycles. The number of hydrogen-bond acceptors (Lipinski definition) is 6. The minimum atomic E-state index is -3.69. The molecule has 0 aromatic heterocycles. The lowest BCUT2D eigenvalue weighted by Gasteiger charge is -2.35. The van der Waals surface area contributed by atoms with E-state index in [0.29, 0.717) is 37.7 Å². The standard InChI is InChI=1S/C20H26N2O5S/c1-15-13-19(27-4)20(14-18(15)26-3)28(23,24)22-11-9-21(10-12-22)16-5-7-17(25-2)8-6-16/h5-8,13-14H,9-12H2,1-4H3. The zero-order valence-corrected chi connectivity index (χ0v) is 17.5. The molecule has 7 nitrogen and oxygen atoms in total. The number of piperazine rings is 1. The van der Waals surface area contributed by atoms with Gasteiger partial charge >= 0.3 is 0 Å². The van der Waals surface area contributed by atoms with Crippen molar-refractivity contribution in [1.29, 1.82) is 0 Å². The maximum absolute atomic E-state index is 13.2. The molecule has 0 aliphatic carbocycles. The highest BCUT2D eigenvalue weighted by molar-refractivity contribution is 7.89. The van der Waals surface area contributed by atoms with E-state index in [1.54, 1.807) is 19.2 Å². The lowest BCUT2D eigenvalue weighted by molar-refractivity contribution is 0.370. The van der Waals surface area contributed by atoms with Crippen molar-refractivity contribution >= 4 is 15.7 Å². The third-order valence-corrected chi connectivity index (χ3v) is 6.89. The van der Waals surface area contributed by atoms with Crippen LogP contribution in [0.15, 0.2) is 41.3 Å². The van der Waals surface area contributed by atoms with Crippen LogP contribution in [0.1, 0.15) is 5.56 Å². The predicted octanol–water partition coefficient (Wildman–Crippen LogP) is 2.53. The number of aryl methyl sites for hydroxylation is 1. The van der Waals surface area contributed by atoms with E-state index in [4.69, 9.17) is 14.2 Å². The summed E-state index contributed by atoms with van der Waals surface area (Å²) < 4.78 is 43.8. The normalized spacial score (nSPS) is 15.4. The third-order valence-electron chi connectivity index (χ3n) is 4.98. The maximum atomic E-state index is 13.2. The molecule has 1 aliphatic heterocycles. The molecule has 0 radical (unpaired) electrons. The van der Waals surface area contributed by atoms with Crippen molar-refractivity contribution in [2.75, 3.05) is 52.4 Å². The highest BCUT2D eigenvalue weighted by Gasteiger charge is 2.31. The third kappa shape index (κ3) is 3.88. The molecule has 1 saturated heterocycles. The van der Waals surface area contributed by atoms with Gasteiger partial charge < -0.3 is 19.1 Å². The van der Waals surface area contributed by atoms with Crippen LogP contribution in [0, 0.1) is 6.92 Å². The Morgan fingerprint density at radius 3 is 1.96 bits per heavy atom. The van der Waals surface area contributed by atoms with E-state index in [0.717, 1.165) is 17.0 Å². The number of nitrogens with zero attached hydrogens (tertiary/aromatic N) is 2. The van der Waals surface area contributed by atoms with Crippen molar-refractivity contribution in [2.24, 2.45) is 0 Å². The summed E-state index contributed by atoms with van der Waals surface area (Å²) in [6.07, 6.45) is 0. The van der Waals surface area contributed by atoms with Gasteiger partial charge in [0.1, 0.15) is 22.1 Å². The molecule has 2 aromatic rings. The molecule has 0 amide bonds. The molecule has 8 heteroatoms. The predicted molar refractivity (Wildman–Crippen MR) is 108 cm³/mol. The van der Waals surface area contributed by atoms with Gasteiger partial charge in [0, 0.05) is 37.9 Å². The molecule has 3 rings (SSSR count). The van der Waals surface area contributed by atoms with Crippen molar-refractivity contribution in [3.63, 3.8) is 0 Å². The highest BCUT2D eigenvalue weighted by Crippen LogP contribution is 2.34. The first-order valence-corrected chi connectivity index (χ1v) is 10.5. The van der Waals surface area contributed by atoms with Gasteiger partial charge in [0.05, 0.1) is 21.3 Å². The van der Waals surface area contributed by atoms with E-state index < -0.39 is 10.0 Å². The van der Waals surface area contributed by atoms with Crippen molar-refractivity contribution in [3.8, 4) is 17.2 Å². The van der Waals surface area contributed by atoms with Crippen LogP contribution in [0.3, 0.4) is 0 Å². The van der Waals surface area contributed by atoms with E-state index in [9.17, 15) is 8.42 Å². The second-order valence-corrected chi connectivity index (χ2v) is 8.47. The SMILES string of the molecule is COc1ccc(N2CCN(S(=O)(=O)c3cc(OC)c(C)cc3OC)CC2)cc1. The Morgan fingerprint density at radius 2 is 1.43 bits per heavy atom. The number of rotatable bonds is 6. The van der Waals surface area contributed by atoms with Gasteiger partial charge in [-0.2, -0.15) is 4.31 Å². The highest BCUT2D eigenvalue weighted by atomic mass is 32.2. The first-order chi connectivity index (χ1) is 13.4. The Kier molecular flexibility index (Phi) is 6.00. The van der Waals surface area contributed by atoms with Gasteiger partial charge in [-0.1, -0.05) is 0 Å². The maximum Gasteiger partial charge on any atom is 0.247 e. The molecule has 1 heterocycles. The largest absolute Gasteiger partial charge is 0.497 e. The Morgan fingerprint density at radius 1 is 0.821 bits per heavy atom. The number of benzene rings is 2. The van der Waals surface area contributed by atoms with Crippen molar-refractivity contribution in [1.82, 2.24) is 4.31 Å². The fourth-order valence-electron chi connectivity index (χ4n) is 3.34. The summed E-state index contributed by atoms with van der Waals surface area (Å²) in [4.78, 5) is 2.30. The van der Waals surface area contributed by atoms with E-state index in [-0.39, 0.29) is 4.90 Å². The number of ether oxygens (including phenoxy) is 3. The van der Waals surface area contributed by atoms with Crippen molar-refractivity contribution in [2.45, 2.75) is 11.8 Å². The van der Waals surface area contributed by atoms with Crippen LogP contribution in [0.25, 0.3) is 0 Å². The summed E-state index contributed by atoms with van der Waals surface area (Å²) in [5.41, 5.74) is 1.87. The minimum absolute atomic E-state index is 0.135. The molecule has 0 atom stereocenters. The van der Waals surface area contributed by atoms with Gasteiger partial charge in [-0.05, 0) is 42.8 Å². The van der Waals surface area contributed by atoms with Crippen LogP contribution in [0.2, 0.25) is 0 Å². The van der Waals surface area contributed by atoms with E-state index in [1.807, 2.05) is 31.2 Å². The molecule has 0 bridgehead atoms. The quantitative estimate of drug-likeness (QED) is 0.734. The summed E-state index contributed by atoms with van der Waals surface area (Å²) in [6.45, 7) is 3.86. The summed E-state index contributed by atoms with van der Waals surface area (Å²) in [5.74, 6) is 1.65. The molecule has 0 unspecified atom stereocenters. The number of anilines is 1. The van der Waals surface area contributed by atoms with Crippen molar-refractivity contribution < 1.29 is 22.6 Å². The van der Waals surface area contributed by atoms with Gasteiger partial charge in [0.15, 0.2) is 0 Å². The number of hydrogen-bond donors (Lipinski definition) is 0. The van der Waals surface area contributed by atoms with Crippen molar-refractivity contribution in [3.05, 3.63) is 42.0 Å². The second-order valence-electron chi connectivity index (χ2n) is 6.56. The first-order valence-electron chi connectivity index (χ1n) is 9.02. The molecule has 0 N–H and O–H groups in total. The molecular weight excluding hydrogens is 380 g/mol. The lowest BCUT2D eigenvalue weighted by atomic mass is 10.2. The van der Waals surface area contributed by atoms with Gasteiger partial charge in [-0.15, -0.1) is 0 Å². The van der Waals surface area contributed by atoms with Gasteiger partial charge in [0.2, 0.25) is 10.0 Å². The molecule has 152 valence electrons. The Balaban J connectivity index is 1.79. The average Bonchev–Trinajstić information content (AvgIpc) is 2.73. The summed E-state index contributed by atoms with van der Waals surface area (Å²) in [5, 5.41) is 0. The average molecular weight is 407 g/mol. The smallest absolute Gasteiger partial charge is 0.247 e. The Labute approximate surface area is 166 Å². The molecular formula is C20H26N2O5S. The fraction of sp³-hybridized carbons (Fsp3) is 0.400. The lowest BCUT2D eigenvalue weighted by Crippen LogP contribution is -2.48. The molecule has 0 saturated carbocycles. The summed E-state index contributed by atoms with van der Waals surface area (Å²) in [7, 11) is 0.944. The zero-order valence-electron chi connectivity index (χ0n) is 16.6. The van der Waals surface area contributed by atoms with E-state index in [2.05, 4.69) is 4.90 Å². The molecule has 1 fully saturated rings. The van der Waals surface area contributed by atoms with Crippen LogP contribution < -0.4 is 19.1 Å². The Bertz CT molecular complexity index is 920. The second kappa shape index (κ2) is 8.28. The molecule has 28 heavy (non-hydrogen) atoms. The van der Waals surface area contributed by atoms with Crippen LogP contribution >= 0.6 is 0 Å². The fourth-order valence-corrected chi connectivity index (χ4v) is 4.92. The number of sulfonamides is 1.